The van der Waals surface area contributed by atoms with Gasteiger partial charge in [-0.3, -0.25) is 4.79 Å². The lowest BCUT2D eigenvalue weighted by atomic mass is 9.97. The topological polar surface area (TPSA) is 81.1 Å². The van der Waals surface area contributed by atoms with Gasteiger partial charge in [-0.15, -0.1) is 11.3 Å². The van der Waals surface area contributed by atoms with Gasteiger partial charge in [0.05, 0.1) is 22.5 Å². The lowest BCUT2D eigenvalue weighted by molar-refractivity contribution is -0.122. The highest BCUT2D eigenvalue weighted by atomic mass is 32.1. The Morgan fingerprint density at radius 2 is 2.29 bits per heavy atom. The number of aromatic nitrogens is 1. The first-order valence-electron chi connectivity index (χ1n) is 7.20. The molecule has 1 amide bonds. The van der Waals surface area contributed by atoms with Crippen molar-refractivity contribution in [1.82, 2.24) is 10.3 Å². The first kappa shape index (κ1) is 14.3. The van der Waals surface area contributed by atoms with E-state index in [1.54, 1.807) is 17.6 Å². The SMILES string of the molecule is NCC1(NC(=O)Cc2coc(-c3cccs3)n2)CCCC1. The van der Waals surface area contributed by atoms with Gasteiger partial charge in [-0.2, -0.15) is 0 Å². The van der Waals surface area contributed by atoms with Crippen molar-refractivity contribution in [3.8, 4) is 10.8 Å². The van der Waals surface area contributed by atoms with Crippen molar-refractivity contribution in [3.05, 3.63) is 29.5 Å². The quantitative estimate of drug-likeness (QED) is 0.888. The summed E-state index contributed by atoms with van der Waals surface area (Å²) in [7, 11) is 0. The Bertz CT molecular complexity index is 600. The van der Waals surface area contributed by atoms with Crippen molar-refractivity contribution in [3.63, 3.8) is 0 Å². The summed E-state index contributed by atoms with van der Waals surface area (Å²) in [5.41, 5.74) is 6.27. The van der Waals surface area contributed by atoms with Crippen LogP contribution < -0.4 is 11.1 Å². The van der Waals surface area contributed by atoms with Crippen molar-refractivity contribution in [2.75, 3.05) is 6.54 Å². The molecule has 0 unspecified atom stereocenters. The molecule has 2 aromatic heterocycles. The van der Waals surface area contributed by atoms with Crippen LogP contribution in [-0.2, 0) is 11.2 Å². The molecule has 3 rings (SSSR count). The van der Waals surface area contributed by atoms with Crippen LogP contribution in [0.15, 0.2) is 28.2 Å². The number of hydrogen-bond acceptors (Lipinski definition) is 5. The third-order valence-corrected chi connectivity index (χ3v) is 4.84. The van der Waals surface area contributed by atoms with Crippen LogP contribution in [0.3, 0.4) is 0 Å². The monoisotopic (exact) mass is 305 g/mol. The number of thiophene rings is 1. The summed E-state index contributed by atoms with van der Waals surface area (Å²) in [4.78, 5) is 17.5. The number of carbonyl (C=O) groups excluding carboxylic acids is 1. The zero-order valence-corrected chi connectivity index (χ0v) is 12.6. The van der Waals surface area contributed by atoms with Gasteiger partial charge in [0.15, 0.2) is 0 Å². The van der Waals surface area contributed by atoms with Crippen molar-refractivity contribution in [2.45, 2.75) is 37.6 Å². The predicted molar refractivity (Wildman–Crippen MR) is 81.9 cm³/mol. The van der Waals surface area contributed by atoms with Gasteiger partial charge < -0.3 is 15.5 Å². The third kappa shape index (κ3) is 3.16. The first-order valence-corrected chi connectivity index (χ1v) is 8.08. The Hall–Kier alpha value is -1.66. The molecular weight excluding hydrogens is 286 g/mol. The Kier molecular flexibility index (Phi) is 4.07. The maximum Gasteiger partial charge on any atom is 0.236 e. The molecule has 2 aromatic rings. The number of carbonyl (C=O) groups is 1. The molecule has 0 bridgehead atoms. The number of hydrogen-bond donors (Lipinski definition) is 2. The van der Waals surface area contributed by atoms with E-state index in [1.165, 1.54) is 0 Å². The Morgan fingerprint density at radius 1 is 1.48 bits per heavy atom. The fourth-order valence-corrected chi connectivity index (χ4v) is 3.49. The number of nitrogens with one attached hydrogen (secondary N) is 1. The highest BCUT2D eigenvalue weighted by Crippen LogP contribution is 2.29. The average molecular weight is 305 g/mol. The van der Waals surface area contributed by atoms with E-state index in [4.69, 9.17) is 10.2 Å². The third-order valence-electron chi connectivity index (χ3n) is 3.98. The molecule has 0 spiro atoms. The Balaban J connectivity index is 1.62. The van der Waals surface area contributed by atoms with Crippen LogP contribution in [-0.4, -0.2) is 23.0 Å². The fourth-order valence-electron chi connectivity index (χ4n) is 2.84. The summed E-state index contributed by atoms with van der Waals surface area (Å²) in [6.45, 7) is 0.498. The minimum Gasteiger partial charge on any atom is -0.444 e. The van der Waals surface area contributed by atoms with E-state index in [1.807, 2.05) is 17.5 Å². The molecule has 1 saturated carbocycles. The van der Waals surface area contributed by atoms with Gasteiger partial charge in [-0.25, -0.2) is 4.98 Å². The van der Waals surface area contributed by atoms with E-state index >= 15 is 0 Å². The predicted octanol–water partition coefficient (Wildman–Crippen LogP) is 2.33. The number of oxazole rings is 1. The summed E-state index contributed by atoms with van der Waals surface area (Å²) in [6.07, 6.45) is 5.98. The minimum absolute atomic E-state index is 0.0339. The van der Waals surface area contributed by atoms with Crippen LogP contribution in [0.1, 0.15) is 31.4 Å². The second kappa shape index (κ2) is 5.99. The maximum absolute atomic E-state index is 12.2. The average Bonchev–Trinajstić information content (AvgIpc) is 3.19. The molecule has 0 radical (unpaired) electrons. The van der Waals surface area contributed by atoms with Gasteiger partial charge >= 0.3 is 0 Å². The molecule has 6 heteroatoms. The van der Waals surface area contributed by atoms with Gasteiger partial charge in [0.25, 0.3) is 0 Å². The van der Waals surface area contributed by atoms with Gasteiger partial charge in [-0.1, -0.05) is 18.9 Å². The molecule has 21 heavy (non-hydrogen) atoms. The lowest BCUT2D eigenvalue weighted by Gasteiger charge is -2.28. The van der Waals surface area contributed by atoms with E-state index in [-0.39, 0.29) is 17.9 Å². The number of amides is 1. The van der Waals surface area contributed by atoms with E-state index in [0.29, 0.717) is 18.1 Å². The molecule has 1 fully saturated rings. The summed E-state index contributed by atoms with van der Waals surface area (Å²) in [5, 5.41) is 5.06. The largest absolute Gasteiger partial charge is 0.444 e. The van der Waals surface area contributed by atoms with Gasteiger partial charge in [-0.05, 0) is 24.3 Å². The summed E-state index contributed by atoms with van der Waals surface area (Å²) in [6, 6.07) is 3.89. The molecule has 0 aromatic carbocycles. The van der Waals surface area contributed by atoms with Crippen LogP contribution >= 0.6 is 11.3 Å². The van der Waals surface area contributed by atoms with E-state index in [0.717, 1.165) is 30.6 Å². The molecule has 2 heterocycles. The number of rotatable bonds is 5. The van der Waals surface area contributed by atoms with Crippen LogP contribution in [0, 0.1) is 0 Å². The van der Waals surface area contributed by atoms with Crippen molar-refractivity contribution < 1.29 is 9.21 Å². The second-order valence-corrected chi connectivity index (χ2v) is 6.49. The first-order chi connectivity index (χ1) is 10.2. The van der Waals surface area contributed by atoms with Crippen molar-refractivity contribution in [1.29, 1.82) is 0 Å². The molecule has 1 aliphatic carbocycles. The molecule has 1 aliphatic rings. The van der Waals surface area contributed by atoms with E-state index < -0.39 is 0 Å². The zero-order chi connectivity index (χ0) is 14.7. The summed E-state index contributed by atoms with van der Waals surface area (Å²) >= 11 is 1.56. The second-order valence-electron chi connectivity index (χ2n) is 5.54. The molecule has 0 atom stereocenters. The van der Waals surface area contributed by atoms with Crippen molar-refractivity contribution in [2.24, 2.45) is 5.73 Å². The van der Waals surface area contributed by atoms with Crippen molar-refractivity contribution >= 4 is 17.2 Å². The summed E-state index contributed by atoms with van der Waals surface area (Å²) < 4.78 is 5.43. The van der Waals surface area contributed by atoms with Gasteiger partial charge in [0, 0.05) is 6.54 Å². The highest BCUT2D eigenvalue weighted by Gasteiger charge is 2.33. The Labute approximate surface area is 127 Å². The zero-order valence-electron chi connectivity index (χ0n) is 11.8. The lowest BCUT2D eigenvalue weighted by Crippen LogP contribution is -2.52. The molecule has 0 saturated heterocycles. The standard InChI is InChI=1S/C15H19N3O2S/c16-10-15(5-1-2-6-15)18-13(19)8-11-9-20-14(17-11)12-4-3-7-21-12/h3-4,7,9H,1-2,5-6,8,10,16H2,(H,18,19). The summed E-state index contributed by atoms with van der Waals surface area (Å²) in [5.74, 6) is 0.538. The molecule has 5 nitrogen and oxygen atoms in total. The maximum atomic E-state index is 12.2. The smallest absolute Gasteiger partial charge is 0.236 e. The van der Waals surface area contributed by atoms with Crippen LogP contribution in [0.5, 0.6) is 0 Å². The number of nitrogens with zero attached hydrogens (tertiary/aromatic N) is 1. The van der Waals surface area contributed by atoms with Gasteiger partial charge in [0.2, 0.25) is 11.8 Å². The molecule has 3 N–H and O–H groups in total. The van der Waals surface area contributed by atoms with Crippen LogP contribution in [0.4, 0.5) is 0 Å². The molecular formula is C15H19N3O2S. The number of nitrogens with two attached hydrogens (primary N) is 1. The molecule has 0 aliphatic heterocycles. The van der Waals surface area contributed by atoms with E-state index in [9.17, 15) is 4.79 Å². The fraction of sp³-hybridized carbons (Fsp3) is 0.467. The normalized spacial score (nSPS) is 17.0. The van der Waals surface area contributed by atoms with Crippen LogP contribution in [0.25, 0.3) is 10.8 Å². The Morgan fingerprint density at radius 3 is 2.95 bits per heavy atom. The highest BCUT2D eigenvalue weighted by molar-refractivity contribution is 7.13. The minimum atomic E-state index is -0.211. The van der Waals surface area contributed by atoms with E-state index in [2.05, 4.69) is 10.3 Å². The molecule has 112 valence electrons. The van der Waals surface area contributed by atoms with Crippen LogP contribution in [0.2, 0.25) is 0 Å². The van der Waals surface area contributed by atoms with Gasteiger partial charge in [0.1, 0.15) is 6.26 Å².